The molecule has 0 spiro atoms. The fourth-order valence-electron chi connectivity index (χ4n) is 1.94. The van der Waals surface area contributed by atoms with Crippen LogP contribution in [0.2, 0.25) is 10.2 Å². The van der Waals surface area contributed by atoms with Gasteiger partial charge in [0.2, 0.25) is 0 Å². The Morgan fingerprint density at radius 2 is 2.31 bits per heavy atom. The Kier molecular flexibility index (Phi) is 3.70. The van der Waals surface area contributed by atoms with Gasteiger partial charge in [-0.2, -0.15) is 0 Å². The molecule has 0 bridgehead atoms. The summed E-state index contributed by atoms with van der Waals surface area (Å²) in [6, 6.07) is 1.81. The predicted octanol–water partition coefficient (Wildman–Crippen LogP) is 2.26. The van der Waals surface area contributed by atoms with Crippen LogP contribution in [0, 0.1) is 6.92 Å². The van der Waals surface area contributed by atoms with E-state index in [4.69, 9.17) is 23.2 Å². The molecule has 1 atom stereocenters. The maximum Gasteiger partial charge on any atom is 0.135 e. The molecular weight excluding hydrogens is 247 g/mol. The normalized spacial score (nSPS) is 21.6. The molecule has 0 amide bonds. The Bertz CT molecular complexity index is 375. The first-order chi connectivity index (χ1) is 7.56. The number of halogens is 2. The van der Waals surface area contributed by atoms with Crippen molar-refractivity contribution < 1.29 is 5.11 Å². The van der Waals surface area contributed by atoms with Gasteiger partial charge in [0.1, 0.15) is 5.15 Å². The van der Waals surface area contributed by atoms with Crippen molar-refractivity contribution in [2.24, 2.45) is 0 Å². The largest absolute Gasteiger partial charge is 0.392 e. The van der Waals surface area contributed by atoms with Crippen LogP contribution in [0.3, 0.4) is 0 Å². The molecule has 1 aromatic heterocycles. The minimum absolute atomic E-state index is 0.226. The van der Waals surface area contributed by atoms with E-state index in [0.29, 0.717) is 23.3 Å². The van der Waals surface area contributed by atoms with E-state index in [1.165, 1.54) is 0 Å². The lowest BCUT2D eigenvalue weighted by molar-refractivity contribution is 0.175. The summed E-state index contributed by atoms with van der Waals surface area (Å²) in [5.41, 5.74) is 1.67. The summed E-state index contributed by atoms with van der Waals surface area (Å²) in [6.07, 6.45) is 0.588. The molecule has 0 aromatic carbocycles. The van der Waals surface area contributed by atoms with E-state index in [2.05, 4.69) is 9.88 Å². The lowest BCUT2D eigenvalue weighted by Crippen LogP contribution is -2.22. The van der Waals surface area contributed by atoms with E-state index >= 15 is 0 Å². The Morgan fingerprint density at radius 3 is 2.88 bits per heavy atom. The maximum absolute atomic E-state index is 9.44. The smallest absolute Gasteiger partial charge is 0.135 e. The fourth-order valence-corrected chi connectivity index (χ4v) is 2.59. The van der Waals surface area contributed by atoms with Crippen LogP contribution in [-0.2, 0) is 6.54 Å². The van der Waals surface area contributed by atoms with Gasteiger partial charge in [0.15, 0.2) is 0 Å². The van der Waals surface area contributed by atoms with Crippen LogP contribution in [0.25, 0.3) is 0 Å². The second-order valence-corrected chi connectivity index (χ2v) is 4.96. The number of rotatable bonds is 2. The monoisotopic (exact) mass is 260 g/mol. The summed E-state index contributed by atoms with van der Waals surface area (Å²) in [5, 5.41) is 10.6. The van der Waals surface area contributed by atoms with Gasteiger partial charge in [-0.1, -0.05) is 23.2 Å². The zero-order chi connectivity index (χ0) is 11.7. The third-order valence-electron chi connectivity index (χ3n) is 2.78. The third kappa shape index (κ3) is 2.66. The Hall–Kier alpha value is -0.350. The number of nitrogens with zero attached hydrogens (tertiary/aromatic N) is 2. The molecule has 1 fully saturated rings. The molecule has 2 rings (SSSR count). The van der Waals surface area contributed by atoms with Gasteiger partial charge in [-0.3, -0.25) is 4.90 Å². The van der Waals surface area contributed by atoms with Gasteiger partial charge >= 0.3 is 0 Å². The van der Waals surface area contributed by atoms with Crippen molar-refractivity contribution in [2.75, 3.05) is 13.1 Å². The van der Waals surface area contributed by atoms with E-state index in [9.17, 15) is 5.11 Å². The fraction of sp³-hybridized carbons (Fsp3) is 0.545. The average Bonchev–Trinajstić information content (AvgIpc) is 2.58. The number of likely N-dealkylation sites (tertiary alicyclic amines) is 1. The molecule has 5 heteroatoms. The standard InChI is InChI=1S/C11H14Cl2N2O/c1-7-4-10(12)9(11(13)14-7)6-15-3-2-8(16)5-15/h4,8,16H,2-3,5-6H2,1H3/t8-/m1/s1. The zero-order valence-corrected chi connectivity index (χ0v) is 10.6. The molecule has 0 unspecified atom stereocenters. The SMILES string of the molecule is Cc1cc(Cl)c(CN2CC[C@@H](O)C2)c(Cl)n1. The van der Waals surface area contributed by atoms with Crippen molar-refractivity contribution in [3.8, 4) is 0 Å². The minimum atomic E-state index is -0.226. The van der Waals surface area contributed by atoms with Crippen molar-refractivity contribution in [1.82, 2.24) is 9.88 Å². The summed E-state index contributed by atoms with van der Waals surface area (Å²) >= 11 is 12.2. The molecule has 0 aliphatic carbocycles. The van der Waals surface area contributed by atoms with E-state index in [1.807, 2.05) is 13.0 Å². The number of hydrogen-bond donors (Lipinski definition) is 1. The van der Waals surface area contributed by atoms with Crippen LogP contribution >= 0.6 is 23.2 Å². The number of aromatic nitrogens is 1. The zero-order valence-electron chi connectivity index (χ0n) is 9.08. The summed E-state index contributed by atoms with van der Waals surface area (Å²) in [6.45, 7) is 4.07. The molecule has 1 N–H and O–H groups in total. The van der Waals surface area contributed by atoms with Crippen LogP contribution in [0.4, 0.5) is 0 Å². The average molecular weight is 261 g/mol. The highest BCUT2D eigenvalue weighted by Gasteiger charge is 2.22. The van der Waals surface area contributed by atoms with Crippen molar-refractivity contribution in [3.05, 3.63) is 27.5 Å². The molecule has 0 saturated carbocycles. The van der Waals surface area contributed by atoms with Crippen molar-refractivity contribution in [1.29, 1.82) is 0 Å². The molecule has 1 saturated heterocycles. The van der Waals surface area contributed by atoms with Gasteiger partial charge in [-0.05, 0) is 19.4 Å². The molecule has 16 heavy (non-hydrogen) atoms. The lowest BCUT2D eigenvalue weighted by Gasteiger charge is -2.16. The molecular formula is C11H14Cl2N2O. The number of hydrogen-bond acceptors (Lipinski definition) is 3. The highest BCUT2D eigenvalue weighted by Crippen LogP contribution is 2.26. The molecule has 1 aromatic rings. The summed E-state index contributed by atoms with van der Waals surface area (Å²) in [5.74, 6) is 0. The summed E-state index contributed by atoms with van der Waals surface area (Å²) in [4.78, 5) is 6.32. The second-order valence-electron chi connectivity index (χ2n) is 4.19. The first-order valence-corrected chi connectivity index (χ1v) is 6.04. The summed E-state index contributed by atoms with van der Waals surface area (Å²) in [7, 11) is 0. The maximum atomic E-state index is 9.44. The van der Waals surface area contributed by atoms with E-state index in [0.717, 1.165) is 24.2 Å². The summed E-state index contributed by atoms with van der Waals surface area (Å²) < 4.78 is 0. The number of aliphatic hydroxyl groups excluding tert-OH is 1. The van der Waals surface area contributed by atoms with E-state index in [-0.39, 0.29) is 6.10 Å². The highest BCUT2D eigenvalue weighted by molar-refractivity contribution is 6.35. The highest BCUT2D eigenvalue weighted by atomic mass is 35.5. The second kappa shape index (κ2) is 4.88. The topological polar surface area (TPSA) is 36.4 Å². The van der Waals surface area contributed by atoms with E-state index in [1.54, 1.807) is 0 Å². The van der Waals surface area contributed by atoms with Gasteiger partial charge in [0, 0.05) is 35.9 Å². The number of β-amino-alcohol motifs (C(OH)–C–C–N with tert-alkyl or cyclic N) is 1. The number of aryl methyl sites for hydroxylation is 1. The lowest BCUT2D eigenvalue weighted by atomic mass is 10.2. The van der Waals surface area contributed by atoms with Crippen molar-refractivity contribution in [2.45, 2.75) is 26.0 Å². The molecule has 1 aliphatic heterocycles. The van der Waals surface area contributed by atoms with Gasteiger partial charge < -0.3 is 5.11 Å². The first-order valence-electron chi connectivity index (χ1n) is 5.28. The first kappa shape index (κ1) is 12.1. The Morgan fingerprint density at radius 1 is 1.56 bits per heavy atom. The molecule has 3 nitrogen and oxygen atoms in total. The van der Waals surface area contributed by atoms with Gasteiger partial charge in [0.05, 0.1) is 6.10 Å². The minimum Gasteiger partial charge on any atom is -0.392 e. The van der Waals surface area contributed by atoms with Gasteiger partial charge in [-0.15, -0.1) is 0 Å². The van der Waals surface area contributed by atoms with Crippen LogP contribution < -0.4 is 0 Å². The molecule has 0 radical (unpaired) electrons. The third-order valence-corrected chi connectivity index (χ3v) is 3.43. The quantitative estimate of drug-likeness (QED) is 0.829. The van der Waals surface area contributed by atoms with Crippen LogP contribution in [0.1, 0.15) is 17.7 Å². The van der Waals surface area contributed by atoms with Crippen molar-refractivity contribution >= 4 is 23.2 Å². The molecule has 2 heterocycles. The van der Waals surface area contributed by atoms with Gasteiger partial charge in [0.25, 0.3) is 0 Å². The Balaban J connectivity index is 2.15. The Labute approximate surface area is 105 Å². The number of aliphatic hydroxyl groups is 1. The van der Waals surface area contributed by atoms with E-state index < -0.39 is 0 Å². The number of pyridine rings is 1. The molecule has 1 aliphatic rings. The van der Waals surface area contributed by atoms with Crippen molar-refractivity contribution in [3.63, 3.8) is 0 Å². The van der Waals surface area contributed by atoms with Crippen LogP contribution in [-0.4, -0.2) is 34.2 Å². The predicted molar refractivity (Wildman–Crippen MR) is 64.9 cm³/mol. The van der Waals surface area contributed by atoms with Gasteiger partial charge in [-0.25, -0.2) is 4.98 Å². The van der Waals surface area contributed by atoms with Crippen LogP contribution in [0.5, 0.6) is 0 Å². The van der Waals surface area contributed by atoms with Crippen LogP contribution in [0.15, 0.2) is 6.07 Å². The molecule has 88 valence electrons.